The summed E-state index contributed by atoms with van der Waals surface area (Å²) in [7, 11) is 0. The van der Waals surface area contributed by atoms with E-state index in [0.717, 1.165) is 23.3 Å². The highest BCUT2D eigenvalue weighted by molar-refractivity contribution is 7.98. The maximum atomic E-state index is 10.6. The Kier molecular flexibility index (Phi) is 7.82. The first-order valence-electron chi connectivity index (χ1n) is 9.86. The van der Waals surface area contributed by atoms with Gasteiger partial charge >= 0.3 is 0 Å². The van der Waals surface area contributed by atoms with Gasteiger partial charge in [0.25, 0.3) is 0 Å². The fraction of sp³-hybridized carbons (Fsp3) is 0.478. The Balaban J connectivity index is 1.54. The predicted molar refractivity (Wildman–Crippen MR) is 112 cm³/mol. The van der Waals surface area contributed by atoms with Crippen LogP contribution in [0.1, 0.15) is 49.2 Å². The van der Waals surface area contributed by atoms with E-state index in [2.05, 4.69) is 11.8 Å². The number of hydrogen-bond acceptors (Lipinski definition) is 6. The summed E-state index contributed by atoms with van der Waals surface area (Å²) in [6.07, 6.45) is 1.50. The number of hydrogen-bond donors (Lipinski definition) is 2. The van der Waals surface area contributed by atoms with Crippen LogP contribution in [0, 0.1) is 18.8 Å². The van der Waals surface area contributed by atoms with Crippen LogP contribution in [0.15, 0.2) is 45.9 Å². The lowest BCUT2D eigenvalue weighted by molar-refractivity contribution is -0.147. The third-order valence-corrected chi connectivity index (χ3v) is 5.90. The van der Waals surface area contributed by atoms with Crippen LogP contribution < -0.4 is 0 Å². The molecule has 2 unspecified atom stereocenters. The second-order valence-corrected chi connectivity index (χ2v) is 8.30. The average Bonchev–Trinajstić information content (AvgIpc) is 3.32. The molecule has 0 amide bonds. The standard InChI is InChI=1S/C23H28O5S/c1-17-15-26-20(16-29-18-9-5-3-6-10-18)21(17)22(25)19(24)11-7-4-8-12-23(2)27-13-14-28-23/h3,5-6,9-10,15,19,22,24-25H,4,8,12-14,16H2,1-2H3. The van der Waals surface area contributed by atoms with E-state index < -0.39 is 18.0 Å². The molecular weight excluding hydrogens is 388 g/mol. The van der Waals surface area contributed by atoms with Crippen LogP contribution in [0.25, 0.3) is 0 Å². The van der Waals surface area contributed by atoms with E-state index in [9.17, 15) is 10.2 Å². The summed E-state index contributed by atoms with van der Waals surface area (Å²) in [5.41, 5.74) is 1.43. The van der Waals surface area contributed by atoms with E-state index in [0.29, 0.717) is 36.7 Å². The van der Waals surface area contributed by atoms with Crippen molar-refractivity contribution in [2.45, 2.75) is 61.8 Å². The molecule has 1 saturated heterocycles. The van der Waals surface area contributed by atoms with Gasteiger partial charge in [-0.2, -0.15) is 0 Å². The molecule has 1 fully saturated rings. The summed E-state index contributed by atoms with van der Waals surface area (Å²) in [4.78, 5) is 1.12. The first-order valence-corrected chi connectivity index (χ1v) is 10.8. The highest BCUT2D eigenvalue weighted by Gasteiger charge is 2.30. The zero-order valence-electron chi connectivity index (χ0n) is 16.9. The van der Waals surface area contributed by atoms with Crippen molar-refractivity contribution in [1.29, 1.82) is 0 Å². The van der Waals surface area contributed by atoms with Crippen molar-refractivity contribution >= 4 is 11.8 Å². The monoisotopic (exact) mass is 416 g/mol. The molecule has 0 aliphatic carbocycles. The number of rotatable bonds is 8. The molecule has 2 atom stereocenters. The molecule has 156 valence electrons. The number of aryl methyl sites for hydroxylation is 1. The third kappa shape index (κ3) is 6.11. The summed E-state index contributed by atoms with van der Waals surface area (Å²) < 4.78 is 16.8. The molecule has 2 N–H and O–H groups in total. The maximum Gasteiger partial charge on any atom is 0.165 e. The van der Waals surface area contributed by atoms with Gasteiger partial charge in [0.15, 0.2) is 5.79 Å². The zero-order valence-corrected chi connectivity index (χ0v) is 17.7. The molecule has 2 aromatic rings. The molecule has 5 nitrogen and oxygen atoms in total. The SMILES string of the molecule is Cc1coc(CSc2ccccc2)c1C(O)C(O)C#CCCCC1(C)OCCO1. The molecule has 1 aliphatic rings. The van der Waals surface area contributed by atoms with Crippen molar-refractivity contribution in [3.8, 4) is 11.8 Å². The minimum Gasteiger partial charge on any atom is -0.468 e. The van der Waals surface area contributed by atoms with Crippen molar-refractivity contribution in [3.05, 3.63) is 53.5 Å². The predicted octanol–water partition coefficient (Wildman–Crippen LogP) is 4.21. The average molecular weight is 417 g/mol. The lowest BCUT2D eigenvalue weighted by Crippen LogP contribution is -2.24. The molecule has 3 rings (SSSR count). The highest BCUT2D eigenvalue weighted by Crippen LogP contribution is 2.31. The fourth-order valence-corrected chi connectivity index (χ4v) is 4.17. The van der Waals surface area contributed by atoms with Gasteiger partial charge < -0.3 is 24.1 Å². The normalized spacial score (nSPS) is 17.5. The topological polar surface area (TPSA) is 72.1 Å². The van der Waals surface area contributed by atoms with Gasteiger partial charge in [-0.1, -0.05) is 24.1 Å². The van der Waals surface area contributed by atoms with Gasteiger partial charge in [-0.05, 0) is 38.0 Å². The van der Waals surface area contributed by atoms with Crippen LogP contribution in [0.3, 0.4) is 0 Å². The van der Waals surface area contributed by atoms with Crippen LogP contribution >= 0.6 is 11.8 Å². The fourth-order valence-electron chi connectivity index (χ4n) is 3.29. The Morgan fingerprint density at radius 1 is 1.17 bits per heavy atom. The number of benzene rings is 1. The second kappa shape index (κ2) is 10.3. The molecular formula is C23H28O5S. The van der Waals surface area contributed by atoms with Gasteiger partial charge in [0.2, 0.25) is 0 Å². The molecule has 0 saturated carbocycles. The first-order chi connectivity index (χ1) is 14.0. The number of furan rings is 1. The molecule has 0 radical (unpaired) electrons. The van der Waals surface area contributed by atoms with Crippen molar-refractivity contribution < 1.29 is 24.1 Å². The van der Waals surface area contributed by atoms with Gasteiger partial charge in [0.05, 0.1) is 25.2 Å². The molecule has 0 spiro atoms. The third-order valence-electron chi connectivity index (χ3n) is 4.89. The maximum absolute atomic E-state index is 10.6. The first kappa shape index (κ1) is 21.9. The Bertz CT molecular complexity index is 830. The van der Waals surface area contributed by atoms with E-state index in [1.807, 2.05) is 44.2 Å². The Morgan fingerprint density at radius 2 is 1.90 bits per heavy atom. The number of thioether (sulfide) groups is 1. The summed E-state index contributed by atoms with van der Waals surface area (Å²) >= 11 is 1.62. The molecule has 29 heavy (non-hydrogen) atoms. The molecule has 1 aliphatic heterocycles. The van der Waals surface area contributed by atoms with Gasteiger partial charge in [-0.3, -0.25) is 0 Å². The largest absolute Gasteiger partial charge is 0.468 e. The van der Waals surface area contributed by atoms with Crippen LogP contribution in [-0.2, 0) is 15.2 Å². The molecule has 2 heterocycles. The Morgan fingerprint density at radius 3 is 2.62 bits per heavy atom. The van der Waals surface area contributed by atoms with Crippen LogP contribution in [-0.4, -0.2) is 35.3 Å². The molecule has 6 heteroatoms. The number of aliphatic hydroxyl groups excluding tert-OH is 2. The minimum atomic E-state index is -1.17. The summed E-state index contributed by atoms with van der Waals surface area (Å²) in [5, 5.41) is 21.0. The molecule has 1 aromatic heterocycles. The van der Waals surface area contributed by atoms with E-state index >= 15 is 0 Å². The Labute approximate surface area is 176 Å². The van der Waals surface area contributed by atoms with Gasteiger partial charge in [-0.25, -0.2) is 0 Å². The number of aliphatic hydroxyl groups is 2. The Hall–Kier alpha value is -1.75. The number of ether oxygens (including phenoxy) is 2. The highest BCUT2D eigenvalue weighted by atomic mass is 32.2. The molecule has 1 aromatic carbocycles. The quantitative estimate of drug-likeness (QED) is 0.382. The van der Waals surface area contributed by atoms with Crippen LogP contribution in [0.5, 0.6) is 0 Å². The van der Waals surface area contributed by atoms with Gasteiger partial charge in [0.1, 0.15) is 18.0 Å². The van der Waals surface area contributed by atoms with Gasteiger partial charge in [0, 0.05) is 23.3 Å². The smallest absolute Gasteiger partial charge is 0.165 e. The molecule has 0 bridgehead atoms. The van der Waals surface area contributed by atoms with Gasteiger partial charge in [-0.15, -0.1) is 17.7 Å². The van der Waals surface area contributed by atoms with E-state index in [4.69, 9.17) is 13.9 Å². The van der Waals surface area contributed by atoms with Crippen molar-refractivity contribution in [2.24, 2.45) is 0 Å². The lowest BCUT2D eigenvalue weighted by Gasteiger charge is -2.21. The van der Waals surface area contributed by atoms with Crippen molar-refractivity contribution in [2.75, 3.05) is 13.2 Å². The lowest BCUT2D eigenvalue weighted by atomic mass is 10.0. The van der Waals surface area contributed by atoms with E-state index in [-0.39, 0.29) is 0 Å². The minimum absolute atomic E-state index is 0.515. The summed E-state index contributed by atoms with van der Waals surface area (Å²) in [5.74, 6) is 6.44. The summed E-state index contributed by atoms with van der Waals surface area (Å²) in [6.45, 7) is 5.05. The number of unbranched alkanes of at least 4 members (excludes halogenated alkanes) is 1. The van der Waals surface area contributed by atoms with E-state index in [1.165, 1.54) is 0 Å². The zero-order chi connectivity index (χ0) is 20.7. The van der Waals surface area contributed by atoms with Crippen LogP contribution in [0.2, 0.25) is 0 Å². The summed E-state index contributed by atoms with van der Waals surface area (Å²) in [6, 6.07) is 9.99. The van der Waals surface area contributed by atoms with E-state index in [1.54, 1.807) is 18.0 Å². The van der Waals surface area contributed by atoms with Crippen molar-refractivity contribution in [1.82, 2.24) is 0 Å². The van der Waals surface area contributed by atoms with Crippen molar-refractivity contribution in [3.63, 3.8) is 0 Å². The van der Waals surface area contributed by atoms with Crippen LogP contribution in [0.4, 0.5) is 0 Å². The second-order valence-electron chi connectivity index (χ2n) is 7.25.